The normalized spacial score (nSPS) is 35.5. The minimum Gasteiger partial charge on any atom is -0.460 e. The zero-order valence-electron chi connectivity index (χ0n) is 17.6. The van der Waals surface area contributed by atoms with Gasteiger partial charge in [0.2, 0.25) is 0 Å². The van der Waals surface area contributed by atoms with Crippen molar-refractivity contribution in [2.24, 2.45) is 22.7 Å². The van der Waals surface area contributed by atoms with Crippen molar-refractivity contribution in [3.8, 4) is 0 Å². The summed E-state index contributed by atoms with van der Waals surface area (Å²) in [6.07, 6.45) is 8.64. The summed E-state index contributed by atoms with van der Waals surface area (Å²) in [6, 6.07) is 0. The Bertz CT molecular complexity index is 581. The summed E-state index contributed by atoms with van der Waals surface area (Å²) in [5.41, 5.74) is 2.96. The molecule has 154 valence electrons. The lowest BCUT2D eigenvalue weighted by Gasteiger charge is -2.59. The number of fused-ring (bicyclic) bond motifs is 1. The third-order valence-electron chi connectivity index (χ3n) is 7.62. The predicted octanol–water partition coefficient (Wildman–Crippen LogP) is 4.41. The second kappa shape index (κ2) is 8.91. The van der Waals surface area contributed by atoms with Crippen molar-refractivity contribution in [1.82, 2.24) is 0 Å². The molecule has 0 spiro atoms. The predicted molar refractivity (Wildman–Crippen MR) is 108 cm³/mol. The van der Waals surface area contributed by atoms with Crippen LogP contribution < -0.4 is 0 Å². The molecular formula is C23H38O4. The first-order valence-corrected chi connectivity index (χ1v) is 10.4. The Balaban J connectivity index is 2.02. The first-order valence-electron chi connectivity index (χ1n) is 10.4. The van der Waals surface area contributed by atoms with Gasteiger partial charge < -0.3 is 14.9 Å². The van der Waals surface area contributed by atoms with E-state index in [-0.39, 0.29) is 17.4 Å². The number of rotatable bonds is 7. The summed E-state index contributed by atoms with van der Waals surface area (Å²) in [6.45, 7) is 13.1. The number of allylic oxidation sites excluding steroid dienone is 2. The van der Waals surface area contributed by atoms with Gasteiger partial charge in [0.15, 0.2) is 0 Å². The van der Waals surface area contributed by atoms with Crippen LogP contribution >= 0.6 is 0 Å². The molecule has 5 atom stereocenters. The molecule has 4 heteroatoms. The maximum Gasteiger partial charge on any atom is 0.330 e. The maximum absolute atomic E-state index is 11.9. The first kappa shape index (κ1) is 22.2. The van der Waals surface area contributed by atoms with Crippen LogP contribution in [0.1, 0.15) is 72.6 Å². The van der Waals surface area contributed by atoms with Crippen LogP contribution in [-0.4, -0.2) is 35.5 Å². The van der Waals surface area contributed by atoms with E-state index in [2.05, 4.69) is 27.4 Å². The van der Waals surface area contributed by atoms with Gasteiger partial charge in [0.1, 0.15) is 12.7 Å². The van der Waals surface area contributed by atoms with Crippen LogP contribution in [0.25, 0.3) is 0 Å². The molecule has 2 fully saturated rings. The van der Waals surface area contributed by atoms with Crippen molar-refractivity contribution in [3.63, 3.8) is 0 Å². The van der Waals surface area contributed by atoms with Crippen LogP contribution in [0.2, 0.25) is 0 Å². The van der Waals surface area contributed by atoms with Crippen molar-refractivity contribution >= 4 is 5.97 Å². The minimum absolute atomic E-state index is 0.170. The molecule has 0 aromatic carbocycles. The molecule has 0 saturated heterocycles. The number of hydrogen-bond donors (Lipinski definition) is 2. The van der Waals surface area contributed by atoms with E-state index in [1.165, 1.54) is 43.8 Å². The molecule has 0 aliphatic heterocycles. The summed E-state index contributed by atoms with van der Waals surface area (Å²) in [5.74, 6) is 0.883. The topological polar surface area (TPSA) is 66.8 Å². The lowest BCUT2D eigenvalue weighted by Crippen LogP contribution is -2.50. The summed E-state index contributed by atoms with van der Waals surface area (Å²) < 4.78 is 4.98. The molecule has 2 aliphatic rings. The van der Waals surface area contributed by atoms with Gasteiger partial charge in [-0.05, 0) is 74.5 Å². The SMILES string of the molecule is C=C1CCCC2C1(C)CCC(C)C2(C)CCC(C)=CC(=O)OCC(O)CO. The molecule has 4 nitrogen and oxygen atoms in total. The summed E-state index contributed by atoms with van der Waals surface area (Å²) >= 11 is 0. The number of carbonyl (C=O) groups excluding carboxylic acids is 1. The zero-order chi connectivity index (χ0) is 20.2. The minimum atomic E-state index is -1.01. The Morgan fingerprint density at radius 2 is 2.11 bits per heavy atom. The molecule has 0 amide bonds. The Hall–Kier alpha value is -1.13. The van der Waals surface area contributed by atoms with E-state index < -0.39 is 18.7 Å². The fraction of sp³-hybridized carbons (Fsp3) is 0.783. The van der Waals surface area contributed by atoms with Gasteiger partial charge in [0, 0.05) is 6.08 Å². The molecule has 2 rings (SSSR count). The molecule has 0 bridgehead atoms. The highest BCUT2D eigenvalue weighted by molar-refractivity contribution is 5.82. The van der Waals surface area contributed by atoms with E-state index in [0.29, 0.717) is 11.8 Å². The lowest BCUT2D eigenvalue weighted by molar-refractivity contribution is -0.141. The summed E-state index contributed by atoms with van der Waals surface area (Å²) in [7, 11) is 0. The summed E-state index contributed by atoms with van der Waals surface area (Å²) in [5, 5.41) is 18.1. The van der Waals surface area contributed by atoms with Crippen molar-refractivity contribution in [1.29, 1.82) is 0 Å². The van der Waals surface area contributed by atoms with E-state index in [1.54, 1.807) is 0 Å². The molecule has 27 heavy (non-hydrogen) atoms. The Kier molecular flexibility index (Phi) is 7.32. The van der Waals surface area contributed by atoms with Crippen molar-refractivity contribution in [3.05, 3.63) is 23.8 Å². The highest BCUT2D eigenvalue weighted by atomic mass is 16.5. The van der Waals surface area contributed by atoms with E-state index in [9.17, 15) is 9.90 Å². The number of aliphatic hydroxyl groups excluding tert-OH is 2. The fourth-order valence-corrected chi connectivity index (χ4v) is 5.40. The number of carbonyl (C=O) groups is 1. The zero-order valence-corrected chi connectivity index (χ0v) is 17.6. The Morgan fingerprint density at radius 3 is 2.78 bits per heavy atom. The van der Waals surface area contributed by atoms with Crippen LogP contribution in [0.15, 0.2) is 23.8 Å². The van der Waals surface area contributed by atoms with Crippen LogP contribution in [-0.2, 0) is 9.53 Å². The summed E-state index contributed by atoms with van der Waals surface area (Å²) in [4.78, 5) is 11.9. The number of hydrogen-bond acceptors (Lipinski definition) is 4. The van der Waals surface area contributed by atoms with Gasteiger partial charge in [-0.25, -0.2) is 4.79 Å². The number of aliphatic hydroxyl groups is 2. The van der Waals surface area contributed by atoms with Gasteiger partial charge in [-0.3, -0.25) is 0 Å². The highest BCUT2D eigenvalue weighted by Crippen LogP contribution is 2.62. The quantitative estimate of drug-likeness (QED) is 0.391. The second-order valence-electron chi connectivity index (χ2n) is 9.37. The Morgan fingerprint density at radius 1 is 1.41 bits per heavy atom. The van der Waals surface area contributed by atoms with E-state index >= 15 is 0 Å². The van der Waals surface area contributed by atoms with Crippen LogP contribution in [0.3, 0.4) is 0 Å². The molecule has 0 radical (unpaired) electrons. The van der Waals surface area contributed by atoms with Crippen molar-refractivity contribution in [2.75, 3.05) is 13.2 Å². The smallest absolute Gasteiger partial charge is 0.330 e. The lowest BCUT2D eigenvalue weighted by atomic mass is 9.46. The largest absolute Gasteiger partial charge is 0.460 e. The van der Waals surface area contributed by atoms with Crippen LogP contribution in [0.5, 0.6) is 0 Å². The molecular weight excluding hydrogens is 340 g/mol. The number of esters is 1. The van der Waals surface area contributed by atoms with Crippen molar-refractivity contribution < 1.29 is 19.7 Å². The fourth-order valence-electron chi connectivity index (χ4n) is 5.40. The average Bonchev–Trinajstić information content (AvgIpc) is 2.63. The van der Waals surface area contributed by atoms with E-state index in [4.69, 9.17) is 9.84 Å². The van der Waals surface area contributed by atoms with Gasteiger partial charge in [0.25, 0.3) is 0 Å². The van der Waals surface area contributed by atoms with Gasteiger partial charge in [-0.1, -0.05) is 38.5 Å². The van der Waals surface area contributed by atoms with E-state index in [1.807, 2.05) is 6.92 Å². The van der Waals surface area contributed by atoms with Gasteiger partial charge in [0.05, 0.1) is 6.61 Å². The third-order valence-corrected chi connectivity index (χ3v) is 7.62. The maximum atomic E-state index is 11.9. The molecule has 0 aromatic heterocycles. The van der Waals surface area contributed by atoms with Crippen molar-refractivity contribution in [2.45, 2.75) is 78.7 Å². The monoisotopic (exact) mass is 378 g/mol. The molecule has 5 unspecified atom stereocenters. The third kappa shape index (κ3) is 4.83. The van der Waals surface area contributed by atoms with Gasteiger partial charge >= 0.3 is 5.97 Å². The molecule has 0 heterocycles. The van der Waals surface area contributed by atoms with Gasteiger partial charge in [-0.2, -0.15) is 0 Å². The van der Waals surface area contributed by atoms with E-state index in [0.717, 1.165) is 18.4 Å². The molecule has 0 aromatic rings. The number of ether oxygens (including phenoxy) is 1. The average molecular weight is 379 g/mol. The van der Waals surface area contributed by atoms with Crippen LogP contribution in [0, 0.1) is 22.7 Å². The standard InChI is InChI=1S/C23H38O4/c1-16(13-21(26)27-15-19(25)14-24)9-11-22(4)18(3)10-12-23(5)17(2)7-6-8-20(22)23/h13,18-20,24-25H,2,6-12,14-15H2,1,3-5H3. The molecule has 2 N–H and O–H groups in total. The Labute approximate surface area is 164 Å². The second-order valence-corrected chi connectivity index (χ2v) is 9.37. The highest BCUT2D eigenvalue weighted by Gasteiger charge is 2.53. The molecule has 2 aliphatic carbocycles. The first-order chi connectivity index (χ1) is 12.6. The van der Waals surface area contributed by atoms with Crippen LogP contribution in [0.4, 0.5) is 0 Å². The molecule has 2 saturated carbocycles. The van der Waals surface area contributed by atoms with Gasteiger partial charge in [-0.15, -0.1) is 0 Å².